The Hall–Kier alpha value is -0.340. The highest BCUT2D eigenvalue weighted by atomic mass is 16.3. The van der Waals surface area contributed by atoms with Crippen LogP contribution in [0.25, 0.3) is 0 Å². The minimum absolute atomic E-state index is 0.260. The van der Waals surface area contributed by atoms with Gasteiger partial charge in [0.1, 0.15) is 0 Å². The Balaban J connectivity index is 2.50. The zero-order valence-corrected chi connectivity index (χ0v) is 5.02. The van der Waals surface area contributed by atoms with Crippen LogP contribution < -0.4 is 5.32 Å². The summed E-state index contributed by atoms with van der Waals surface area (Å²) in [6, 6.07) is 0. The van der Waals surface area contributed by atoms with E-state index in [4.69, 9.17) is 5.11 Å². The van der Waals surface area contributed by atoms with Crippen molar-refractivity contribution in [3.05, 3.63) is 11.6 Å². The molecule has 0 aromatic heterocycles. The van der Waals surface area contributed by atoms with Gasteiger partial charge in [0.15, 0.2) is 0 Å². The Morgan fingerprint density at radius 2 is 2.62 bits per heavy atom. The second-order valence-corrected chi connectivity index (χ2v) is 2.21. The molecule has 0 bridgehead atoms. The maximum absolute atomic E-state index is 8.94. The molecule has 46 valence electrons. The first-order chi connectivity index (χ1) is 3.79. The number of aliphatic hydroxyl groups excluding tert-OH is 1. The number of rotatable bonds is 0. The number of nitrogens with one attached hydrogen (secondary N) is 1. The van der Waals surface area contributed by atoms with Crippen molar-refractivity contribution >= 4 is 0 Å². The van der Waals surface area contributed by atoms with Gasteiger partial charge >= 0.3 is 0 Å². The summed E-state index contributed by atoms with van der Waals surface area (Å²) in [4.78, 5) is 0. The molecule has 1 rings (SSSR count). The van der Waals surface area contributed by atoms with E-state index in [9.17, 15) is 0 Å². The van der Waals surface area contributed by atoms with Gasteiger partial charge in [0.2, 0.25) is 0 Å². The second-order valence-electron chi connectivity index (χ2n) is 2.21. The molecule has 2 nitrogen and oxygen atoms in total. The summed E-state index contributed by atoms with van der Waals surface area (Å²) in [5.41, 5.74) is 1.23. The van der Waals surface area contributed by atoms with Crippen LogP contribution in [0.5, 0.6) is 0 Å². The lowest BCUT2D eigenvalue weighted by Crippen LogP contribution is -2.31. The largest absolute Gasteiger partial charge is 0.388 e. The van der Waals surface area contributed by atoms with Crippen molar-refractivity contribution in [2.45, 2.75) is 13.0 Å². The Morgan fingerprint density at radius 3 is 3.00 bits per heavy atom. The molecule has 1 atom stereocenters. The average molecular weight is 113 g/mol. The van der Waals surface area contributed by atoms with E-state index in [1.165, 1.54) is 5.57 Å². The van der Waals surface area contributed by atoms with Crippen LogP contribution >= 0.6 is 0 Å². The highest BCUT2D eigenvalue weighted by Crippen LogP contribution is 1.98. The zero-order valence-electron chi connectivity index (χ0n) is 5.02. The molecule has 0 aromatic carbocycles. The lowest BCUT2D eigenvalue weighted by molar-refractivity contribution is 0.213. The van der Waals surface area contributed by atoms with Crippen LogP contribution in [0.2, 0.25) is 0 Å². The van der Waals surface area contributed by atoms with Crippen molar-refractivity contribution in [3.63, 3.8) is 0 Å². The van der Waals surface area contributed by atoms with Gasteiger partial charge in [-0.25, -0.2) is 0 Å². The van der Waals surface area contributed by atoms with E-state index in [0.717, 1.165) is 6.54 Å². The summed E-state index contributed by atoms with van der Waals surface area (Å²) < 4.78 is 0. The van der Waals surface area contributed by atoms with Crippen LogP contribution in [0.15, 0.2) is 11.6 Å². The second kappa shape index (κ2) is 2.29. The Labute approximate surface area is 49.2 Å². The Morgan fingerprint density at radius 1 is 1.88 bits per heavy atom. The van der Waals surface area contributed by atoms with E-state index in [2.05, 4.69) is 5.32 Å². The van der Waals surface area contributed by atoms with Crippen molar-refractivity contribution in [3.8, 4) is 0 Å². The van der Waals surface area contributed by atoms with Gasteiger partial charge in [0.05, 0.1) is 6.10 Å². The smallest absolute Gasteiger partial charge is 0.0848 e. The van der Waals surface area contributed by atoms with E-state index >= 15 is 0 Å². The van der Waals surface area contributed by atoms with E-state index in [-0.39, 0.29) is 6.10 Å². The number of β-amino-alcohol motifs (C(OH)–C–C–N with tert-alkyl or cyclic N) is 1. The third kappa shape index (κ3) is 1.32. The first-order valence-electron chi connectivity index (χ1n) is 2.85. The number of aliphatic hydroxyl groups is 1. The minimum Gasteiger partial charge on any atom is -0.388 e. The number of hydrogen-bond donors (Lipinski definition) is 2. The molecule has 1 aliphatic rings. The van der Waals surface area contributed by atoms with Crippen molar-refractivity contribution in [1.29, 1.82) is 0 Å². The molecule has 1 aliphatic heterocycles. The first kappa shape index (κ1) is 5.79. The molecule has 0 radical (unpaired) electrons. The van der Waals surface area contributed by atoms with Gasteiger partial charge in [-0.3, -0.25) is 0 Å². The average Bonchev–Trinajstić information content (AvgIpc) is 1.64. The lowest BCUT2D eigenvalue weighted by Gasteiger charge is -2.14. The lowest BCUT2D eigenvalue weighted by atomic mass is 10.1. The SMILES string of the molecule is CC1=CC(O)CNC1. The summed E-state index contributed by atoms with van der Waals surface area (Å²) in [7, 11) is 0. The monoisotopic (exact) mass is 113 g/mol. The fourth-order valence-corrected chi connectivity index (χ4v) is 0.863. The van der Waals surface area contributed by atoms with Gasteiger partial charge in [-0.1, -0.05) is 11.6 Å². The van der Waals surface area contributed by atoms with Gasteiger partial charge in [-0.15, -0.1) is 0 Å². The molecule has 0 spiro atoms. The third-order valence-electron chi connectivity index (χ3n) is 1.23. The molecule has 1 unspecified atom stereocenters. The van der Waals surface area contributed by atoms with Gasteiger partial charge in [0.25, 0.3) is 0 Å². The molecule has 0 aromatic rings. The molecule has 2 heteroatoms. The van der Waals surface area contributed by atoms with Gasteiger partial charge in [0, 0.05) is 13.1 Å². The Kier molecular flexibility index (Phi) is 1.65. The standard InChI is InChI=1S/C6H11NO/c1-5-2-6(8)4-7-3-5/h2,6-8H,3-4H2,1H3. The maximum atomic E-state index is 8.94. The van der Waals surface area contributed by atoms with Gasteiger partial charge < -0.3 is 10.4 Å². The summed E-state index contributed by atoms with van der Waals surface area (Å²) in [5, 5.41) is 12.0. The molecule has 0 aliphatic carbocycles. The number of hydrogen-bond acceptors (Lipinski definition) is 2. The van der Waals surface area contributed by atoms with Crippen molar-refractivity contribution in [2.24, 2.45) is 0 Å². The molecule has 1 heterocycles. The van der Waals surface area contributed by atoms with Crippen LogP contribution in [0, 0.1) is 0 Å². The molecule has 0 fully saturated rings. The summed E-state index contributed by atoms with van der Waals surface area (Å²) in [6.07, 6.45) is 1.62. The highest BCUT2D eigenvalue weighted by Gasteiger charge is 2.04. The molecule has 0 saturated carbocycles. The fourth-order valence-electron chi connectivity index (χ4n) is 0.863. The molecule has 8 heavy (non-hydrogen) atoms. The zero-order chi connectivity index (χ0) is 5.98. The summed E-state index contributed by atoms with van der Waals surface area (Å²) in [6.45, 7) is 3.64. The Bertz CT molecular complexity index is 109. The van der Waals surface area contributed by atoms with Crippen LogP contribution in [-0.2, 0) is 0 Å². The predicted octanol–water partition coefficient (Wildman–Crippen LogP) is -0.103. The summed E-state index contributed by atoms with van der Waals surface area (Å²) in [5.74, 6) is 0. The van der Waals surface area contributed by atoms with Gasteiger partial charge in [-0.2, -0.15) is 0 Å². The van der Waals surface area contributed by atoms with Crippen molar-refractivity contribution in [1.82, 2.24) is 5.32 Å². The topological polar surface area (TPSA) is 32.3 Å². The molecule has 2 N–H and O–H groups in total. The third-order valence-corrected chi connectivity index (χ3v) is 1.23. The van der Waals surface area contributed by atoms with Gasteiger partial charge in [-0.05, 0) is 6.92 Å². The van der Waals surface area contributed by atoms with Crippen molar-refractivity contribution in [2.75, 3.05) is 13.1 Å². The minimum atomic E-state index is -0.260. The quantitative estimate of drug-likeness (QED) is 0.430. The molecule has 0 saturated heterocycles. The normalized spacial score (nSPS) is 29.8. The van der Waals surface area contributed by atoms with Crippen LogP contribution in [-0.4, -0.2) is 24.3 Å². The molecular formula is C6H11NO. The fraction of sp³-hybridized carbons (Fsp3) is 0.667. The molecule has 0 amide bonds. The van der Waals surface area contributed by atoms with Crippen molar-refractivity contribution < 1.29 is 5.11 Å². The van der Waals surface area contributed by atoms with Crippen LogP contribution in [0.1, 0.15) is 6.92 Å². The first-order valence-corrected chi connectivity index (χ1v) is 2.85. The van der Waals surface area contributed by atoms with E-state index < -0.39 is 0 Å². The summed E-state index contributed by atoms with van der Waals surface area (Å²) >= 11 is 0. The van der Waals surface area contributed by atoms with E-state index in [1.807, 2.05) is 13.0 Å². The van der Waals surface area contributed by atoms with Crippen LogP contribution in [0.3, 0.4) is 0 Å². The predicted molar refractivity (Wildman–Crippen MR) is 32.6 cm³/mol. The van der Waals surface area contributed by atoms with E-state index in [1.54, 1.807) is 0 Å². The van der Waals surface area contributed by atoms with E-state index in [0.29, 0.717) is 6.54 Å². The highest BCUT2D eigenvalue weighted by molar-refractivity contribution is 5.07. The molecular weight excluding hydrogens is 102 g/mol. The maximum Gasteiger partial charge on any atom is 0.0848 e. The van der Waals surface area contributed by atoms with Crippen LogP contribution in [0.4, 0.5) is 0 Å².